The van der Waals surface area contributed by atoms with Gasteiger partial charge in [0, 0.05) is 26.7 Å². The highest BCUT2D eigenvalue weighted by molar-refractivity contribution is 6.35. The van der Waals surface area contributed by atoms with Crippen LogP contribution in [-0.4, -0.2) is 53.3 Å². The Balaban J connectivity index is 2.14. The van der Waals surface area contributed by atoms with Crippen molar-refractivity contribution in [3.05, 3.63) is 22.8 Å². The van der Waals surface area contributed by atoms with Gasteiger partial charge in [-0.15, -0.1) is 0 Å². The number of carbonyl (C=O) groups excluding carboxylic acids is 2. The molecule has 2 rings (SSSR count). The van der Waals surface area contributed by atoms with E-state index in [9.17, 15) is 9.59 Å². The standard InChI is InChI=1S/C13H17ClN4O2/c1-3-17-6-7-18(13(20)12(17)19)8-10-9(14)4-5-11(15-2)16-10/h4-5H,3,6-8H2,1-2H3,(H,15,16). The van der Waals surface area contributed by atoms with Gasteiger partial charge in [0.1, 0.15) is 5.82 Å². The fourth-order valence-electron chi connectivity index (χ4n) is 2.08. The summed E-state index contributed by atoms with van der Waals surface area (Å²) in [5, 5.41) is 3.41. The number of carbonyl (C=O) groups is 2. The Bertz CT molecular complexity index is 535. The molecule has 1 aromatic rings. The molecule has 1 N–H and O–H groups in total. The molecule has 0 aliphatic carbocycles. The van der Waals surface area contributed by atoms with Crippen molar-refractivity contribution in [1.82, 2.24) is 14.8 Å². The molecule has 1 aliphatic rings. The minimum Gasteiger partial charge on any atom is -0.373 e. The molecule has 0 unspecified atom stereocenters. The van der Waals surface area contributed by atoms with Crippen molar-refractivity contribution in [1.29, 1.82) is 0 Å². The summed E-state index contributed by atoms with van der Waals surface area (Å²) < 4.78 is 0. The Labute approximate surface area is 122 Å². The quantitative estimate of drug-likeness (QED) is 0.841. The molecule has 7 heteroatoms. The molecule has 0 spiro atoms. The third-order valence-electron chi connectivity index (χ3n) is 3.29. The molecule has 0 atom stereocenters. The molecule has 0 bridgehead atoms. The lowest BCUT2D eigenvalue weighted by atomic mass is 10.2. The second-order valence-corrected chi connectivity index (χ2v) is 4.89. The fraction of sp³-hybridized carbons (Fsp3) is 0.462. The lowest BCUT2D eigenvalue weighted by molar-refractivity contribution is -0.156. The third-order valence-corrected chi connectivity index (χ3v) is 3.64. The molecule has 2 heterocycles. The predicted octanol–water partition coefficient (Wildman–Crippen LogP) is 0.967. The van der Waals surface area contributed by atoms with Crippen molar-refractivity contribution in [2.24, 2.45) is 0 Å². The van der Waals surface area contributed by atoms with Gasteiger partial charge in [-0.25, -0.2) is 4.98 Å². The van der Waals surface area contributed by atoms with Crippen molar-refractivity contribution in [3.8, 4) is 0 Å². The summed E-state index contributed by atoms with van der Waals surface area (Å²) >= 11 is 6.09. The number of hydrogen-bond donors (Lipinski definition) is 1. The van der Waals surface area contributed by atoms with E-state index < -0.39 is 11.8 Å². The van der Waals surface area contributed by atoms with E-state index in [0.717, 1.165) is 0 Å². The molecule has 0 saturated carbocycles. The number of anilines is 1. The molecular formula is C13H17ClN4O2. The second-order valence-electron chi connectivity index (χ2n) is 4.49. The monoisotopic (exact) mass is 296 g/mol. The van der Waals surface area contributed by atoms with Crippen LogP contribution in [-0.2, 0) is 16.1 Å². The van der Waals surface area contributed by atoms with Gasteiger partial charge in [0.05, 0.1) is 17.3 Å². The normalized spacial score (nSPS) is 15.8. The molecule has 0 radical (unpaired) electrons. The number of aromatic nitrogens is 1. The van der Waals surface area contributed by atoms with E-state index in [0.29, 0.717) is 36.2 Å². The number of nitrogens with zero attached hydrogens (tertiary/aromatic N) is 3. The minimum atomic E-state index is -0.495. The highest BCUT2D eigenvalue weighted by Gasteiger charge is 2.31. The van der Waals surface area contributed by atoms with Crippen molar-refractivity contribution in [3.63, 3.8) is 0 Å². The predicted molar refractivity (Wildman–Crippen MR) is 76.5 cm³/mol. The number of piperazine rings is 1. The average Bonchev–Trinajstić information content (AvgIpc) is 2.46. The first-order valence-electron chi connectivity index (χ1n) is 6.48. The summed E-state index contributed by atoms with van der Waals surface area (Å²) in [4.78, 5) is 31.2. The van der Waals surface area contributed by atoms with Crippen LogP contribution < -0.4 is 5.32 Å². The molecule has 1 fully saturated rings. The van der Waals surface area contributed by atoms with Gasteiger partial charge in [0.15, 0.2) is 0 Å². The van der Waals surface area contributed by atoms with Gasteiger partial charge < -0.3 is 15.1 Å². The van der Waals surface area contributed by atoms with Gasteiger partial charge in [-0.3, -0.25) is 9.59 Å². The first kappa shape index (κ1) is 14.6. The largest absolute Gasteiger partial charge is 0.373 e. The summed E-state index contributed by atoms with van der Waals surface area (Å²) in [5.74, 6) is -0.277. The number of pyridine rings is 1. The third kappa shape index (κ3) is 2.85. The van der Waals surface area contributed by atoms with Gasteiger partial charge >= 0.3 is 11.8 Å². The number of amides is 2. The van der Waals surface area contributed by atoms with Crippen LogP contribution in [0.5, 0.6) is 0 Å². The van der Waals surface area contributed by atoms with Crippen molar-refractivity contribution in [2.45, 2.75) is 13.5 Å². The highest BCUT2D eigenvalue weighted by atomic mass is 35.5. The van der Waals surface area contributed by atoms with E-state index in [2.05, 4.69) is 10.3 Å². The lowest BCUT2D eigenvalue weighted by Gasteiger charge is -2.33. The van der Waals surface area contributed by atoms with E-state index >= 15 is 0 Å². The number of nitrogens with one attached hydrogen (secondary N) is 1. The number of rotatable bonds is 4. The van der Waals surface area contributed by atoms with E-state index in [1.165, 1.54) is 9.80 Å². The van der Waals surface area contributed by atoms with Crippen LogP contribution in [0.15, 0.2) is 12.1 Å². The Morgan fingerprint density at radius 1 is 1.25 bits per heavy atom. The lowest BCUT2D eigenvalue weighted by Crippen LogP contribution is -2.53. The van der Waals surface area contributed by atoms with Gasteiger partial charge in [0.25, 0.3) is 0 Å². The SMILES string of the molecule is CCN1CCN(Cc2nc(NC)ccc2Cl)C(=O)C1=O. The van der Waals surface area contributed by atoms with Gasteiger partial charge in [-0.05, 0) is 19.1 Å². The molecule has 1 aromatic heterocycles. The zero-order valence-electron chi connectivity index (χ0n) is 11.5. The average molecular weight is 297 g/mol. The van der Waals surface area contributed by atoms with E-state index in [-0.39, 0.29) is 6.54 Å². The van der Waals surface area contributed by atoms with Crippen LogP contribution in [0, 0.1) is 0 Å². The van der Waals surface area contributed by atoms with Gasteiger partial charge in [-0.1, -0.05) is 11.6 Å². The second kappa shape index (κ2) is 6.09. The Hall–Kier alpha value is -1.82. The molecular weight excluding hydrogens is 280 g/mol. The minimum absolute atomic E-state index is 0.247. The van der Waals surface area contributed by atoms with Crippen LogP contribution in [0.25, 0.3) is 0 Å². The van der Waals surface area contributed by atoms with Crippen LogP contribution in [0.3, 0.4) is 0 Å². The molecule has 1 aliphatic heterocycles. The maximum Gasteiger partial charge on any atom is 0.312 e. The molecule has 0 aromatic carbocycles. The first-order chi connectivity index (χ1) is 9.56. The van der Waals surface area contributed by atoms with E-state index in [1.807, 2.05) is 6.92 Å². The Kier molecular flexibility index (Phi) is 4.44. The van der Waals surface area contributed by atoms with Crippen molar-refractivity contribution >= 4 is 29.2 Å². The molecule has 2 amide bonds. The van der Waals surface area contributed by atoms with E-state index in [4.69, 9.17) is 11.6 Å². The van der Waals surface area contributed by atoms with E-state index in [1.54, 1.807) is 19.2 Å². The van der Waals surface area contributed by atoms with Crippen LogP contribution in [0.4, 0.5) is 5.82 Å². The van der Waals surface area contributed by atoms with Crippen molar-refractivity contribution in [2.75, 3.05) is 32.0 Å². The maximum absolute atomic E-state index is 12.0. The zero-order chi connectivity index (χ0) is 14.7. The summed E-state index contributed by atoms with van der Waals surface area (Å²) in [7, 11) is 1.76. The maximum atomic E-state index is 12.0. The van der Waals surface area contributed by atoms with Crippen LogP contribution in [0.2, 0.25) is 5.02 Å². The van der Waals surface area contributed by atoms with Gasteiger partial charge in [0.2, 0.25) is 0 Å². The van der Waals surface area contributed by atoms with Crippen molar-refractivity contribution < 1.29 is 9.59 Å². The summed E-state index contributed by atoms with van der Waals surface area (Å²) in [5.41, 5.74) is 0.588. The molecule has 6 nitrogen and oxygen atoms in total. The highest BCUT2D eigenvalue weighted by Crippen LogP contribution is 2.19. The number of likely N-dealkylation sites (N-methyl/N-ethyl adjacent to an activating group) is 1. The fourth-order valence-corrected chi connectivity index (χ4v) is 2.25. The number of halogens is 1. The molecule has 1 saturated heterocycles. The number of hydrogen-bond acceptors (Lipinski definition) is 4. The summed E-state index contributed by atoms with van der Waals surface area (Å²) in [6.45, 7) is 3.70. The Morgan fingerprint density at radius 2 is 1.90 bits per heavy atom. The topological polar surface area (TPSA) is 65.5 Å². The molecule has 20 heavy (non-hydrogen) atoms. The smallest absolute Gasteiger partial charge is 0.312 e. The Morgan fingerprint density at radius 3 is 2.55 bits per heavy atom. The van der Waals surface area contributed by atoms with Crippen LogP contribution >= 0.6 is 11.6 Å². The summed E-state index contributed by atoms with van der Waals surface area (Å²) in [6, 6.07) is 3.48. The van der Waals surface area contributed by atoms with Crippen LogP contribution in [0.1, 0.15) is 12.6 Å². The summed E-state index contributed by atoms with van der Waals surface area (Å²) in [6.07, 6.45) is 0. The molecule has 108 valence electrons. The zero-order valence-corrected chi connectivity index (χ0v) is 12.3. The van der Waals surface area contributed by atoms with Gasteiger partial charge in [-0.2, -0.15) is 0 Å². The first-order valence-corrected chi connectivity index (χ1v) is 6.86.